The molecule has 1 heterocycles. The predicted octanol–water partition coefficient (Wildman–Crippen LogP) is -0.487. The normalized spacial score (nSPS) is 29.9. The van der Waals surface area contributed by atoms with Gasteiger partial charge in [0.2, 0.25) is 0 Å². The number of rotatable bonds is 2. The lowest BCUT2D eigenvalue weighted by molar-refractivity contribution is -0.168. The van der Waals surface area contributed by atoms with Crippen LogP contribution >= 0.6 is 0 Å². The summed E-state index contributed by atoms with van der Waals surface area (Å²) in [5, 5.41) is 0. The molecule has 1 aliphatic heterocycles. The summed E-state index contributed by atoms with van der Waals surface area (Å²) in [5.74, 6) is 0. The zero-order valence-electron chi connectivity index (χ0n) is 5.19. The highest BCUT2D eigenvalue weighted by Crippen LogP contribution is 2.02. The average molecular weight is 168 g/mol. The maximum atomic E-state index is 10.0. The van der Waals surface area contributed by atoms with Crippen molar-refractivity contribution >= 4 is 11.4 Å². The van der Waals surface area contributed by atoms with E-state index in [2.05, 4.69) is 4.18 Å². The van der Waals surface area contributed by atoms with Crippen LogP contribution in [0.4, 0.5) is 0 Å². The second kappa shape index (κ2) is 3.99. The number of hydrogen-bond acceptors (Lipinski definition) is 4. The molecule has 1 aliphatic rings. The maximum absolute atomic E-state index is 10.0. The summed E-state index contributed by atoms with van der Waals surface area (Å²) < 4.78 is 32.4. The highest BCUT2D eigenvalue weighted by atomic mass is 32.2. The first-order chi connectivity index (χ1) is 4.79. The molecule has 1 saturated heterocycles. The highest BCUT2D eigenvalue weighted by Gasteiger charge is 2.16. The Morgan fingerprint density at radius 2 is 2.40 bits per heavy atom. The lowest BCUT2D eigenvalue weighted by Gasteiger charge is -2.20. The van der Waals surface area contributed by atoms with Gasteiger partial charge in [-0.15, -0.1) is 0 Å². The van der Waals surface area contributed by atoms with Crippen molar-refractivity contribution in [3.63, 3.8) is 0 Å². The summed E-state index contributed by atoms with van der Waals surface area (Å²) in [7, 11) is 0. The molecule has 0 aromatic carbocycles. The van der Waals surface area contributed by atoms with E-state index in [9.17, 15) is 4.21 Å². The molecule has 2 unspecified atom stereocenters. The van der Waals surface area contributed by atoms with Crippen LogP contribution in [0.15, 0.2) is 0 Å². The Morgan fingerprint density at radius 3 is 2.90 bits per heavy atom. The summed E-state index contributed by atoms with van der Waals surface area (Å²) in [6.45, 7) is 1.13. The molecule has 6 heteroatoms. The largest absolute Gasteiger partial charge is 0.374 e. The van der Waals surface area contributed by atoms with Gasteiger partial charge in [-0.1, -0.05) is 0 Å². The third-order valence-corrected chi connectivity index (χ3v) is 1.35. The minimum Gasteiger partial charge on any atom is -0.374 e. The molecule has 10 heavy (non-hydrogen) atoms. The zero-order valence-corrected chi connectivity index (χ0v) is 6.00. The molecule has 2 atom stereocenters. The fourth-order valence-corrected chi connectivity index (χ4v) is 0.908. The van der Waals surface area contributed by atoms with Crippen LogP contribution in [-0.2, 0) is 25.0 Å². The Bertz CT molecular complexity index is 121. The molecular weight excluding hydrogens is 160 g/mol. The van der Waals surface area contributed by atoms with E-state index in [-0.39, 0.29) is 6.61 Å². The summed E-state index contributed by atoms with van der Waals surface area (Å²) in [6.07, 6.45) is -0.695. The maximum Gasteiger partial charge on any atom is 0.304 e. The Labute approximate surface area is 60.8 Å². The molecule has 1 rings (SSSR count). The molecule has 0 amide bonds. The zero-order chi connectivity index (χ0) is 7.40. The van der Waals surface area contributed by atoms with E-state index in [0.717, 1.165) is 0 Å². The van der Waals surface area contributed by atoms with Crippen molar-refractivity contribution in [2.75, 3.05) is 19.8 Å². The topological polar surface area (TPSA) is 65.0 Å². The molecule has 0 aromatic rings. The van der Waals surface area contributed by atoms with Crippen LogP contribution in [0, 0.1) is 0 Å². The molecule has 0 saturated carbocycles. The lowest BCUT2D eigenvalue weighted by atomic mass is 10.6. The van der Waals surface area contributed by atoms with E-state index in [1.807, 2.05) is 0 Å². The Hall–Kier alpha value is -0.0100. The molecule has 0 radical (unpaired) electrons. The predicted molar refractivity (Wildman–Crippen MR) is 32.4 cm³/mol. The van der Waals surface area contributed by atoms with Gasteiger partial charge in [-0.05, 0) is 0 Å². The summed E-state index contributed by atoms with van der Waals surface area (Å²) in [5.41, 5.74) is 0. The van der Waals surface area contributed by atoms with Crippen molar-refractivity contribution in [1.82, 2.24) is 0 Å². The van der Waals surface area contributed by atoms with Gasteiger partial charge in [-0.2, -0.15) is 4.21 Å². The van der Waals surface area contributed by atoms with E-state index in [1.165, 1.54) is 0 Å². The molecule has 0 spiro atoms. The van der Waals surface area contributed by atoms with Gasteiger partial charge < -0.3 is 9.47 Å². The molecule has 60 valence electrons. The summed E-state index contributed by atoms with van der Waals surface area (Å²) in [4.78, 5) is 0. The van der Waals surface area contributed by atoms with Crippen LogP contribution in [0.2, 0.25) is 0 Å². The van der Waals surface area contributed by atoms with Crippen molar-refractivity contribution in [3.8, 4) is 0 Å². The number of hydrogen-bond donors (Lipinski definition) is 1. The van der Waals surface area contributed by atoms with E-state index in [4.69, 9.17) is 14.0 Å². The van der Waals surface area contributed by atoms with Gasteiger partial charge in [0.25, 0.3) is 0 Å². The smallest absolute Gasteiger partial charge is 0.304 e. The van der Waals surface area contributed by atoms with Gasteiger partial charge in [0.05, 0.1) is 19.8 Å². The molecule has 0 aromatic heterocycles. The van der Waals surface area contributed by atoms with Gasteiger partial charge >= 0.3 is 11.4 Å². The SMILES string of the molecule is O=S(O)OC1COCCO1. The van der Waals surface area contributed by atoms with Crippen LogP contribution < -0.4 is 0 Å². The van der Waals surface area contributed by atoms with Crippen LogP contribution in [0.5, 0.6) is 0 Å². The first-order valence-electron chi connectivity index (χ1n) is 2.76. The Morgan fingerprint density at radius 1 is 1.60 bits per heavy atom. The molecule has 0 bridgehead atoms. The first kappa shape index (κ1) is 8.09. The highest BCUT2D eigenvalue weighted by molar-refractivity contribution is 7.74. The van der Waals surface area contributed by atoms with Gasteiger partial charge in [0, 0.05) is 0 Å². The van der Waals surface area contributed by atoms with Gasteiger partial charge in [-0.25, -0.2) is 4.18 Å². The van der Waals surface area contributed by atoms with Gasteiger partial charge in [-0.3, -0.25) is 4.55 Å². The summed E-state index contributed by atoms with van der Waals surface area (Å²) >= 11 is -2.27. The minimum absolute atomic E-state index is 0.215. The Kier molecular flexibility index (Phi) is 3.23. The molecule has 5 nitrogen and oxygen atoms in total. The van der Waals surface area contributed by atoms with E-state index in [0.29, 0.717) is 13.2 Å². The number of ether oxygens (including phenoxy) is 2. The van der Waals surface area contributed by atoms with Crippen molar-refractivity contribution in [2.45, 2.75) is 6.29 Å². The third kappa shape index (κ3) is 2.72. The average Bonchev–Trinajstić information content (AvgIpc) is 1.88. The van der Waals surface area contributed by atoms with Crippen molar-refractivity contribution in [1.29, 1.82) is 0 Å². The van der Waals surface area contributed by atoms with Gasteiger partial charge in [0.15, 0.2) is 6.29 Å². The van der Waals surface area contributed by atoms with E-state index < -0.39 is 17.7 Å². The first-order valence-corrected chi connectivity index (χ1v) is 3.79. The van der Waals surface area contributed by atoms with Gasteiger partial charge in [0.1, 0.15) is 0 Å². The standard InChI is InChI=1S/C4H8O5S/c5-10(6)9-4-3-7-1-2-8-4/h4H,1-3H2,(H,5,6). The van der Waals surface area contributed by atoms with Crippen molar-refractivity contribution < 1.29 is 22.4 Å². The lowest BCUT2D eigenvalue weighted by Crippen LogP contribution is -2.31. The fourth-order valence-electron chi connectivity index (χ4n) is 0.614. The molecular formula is C4H8O5S. The quantitative estimate of drug-likeness (QED) is 0.564. The van der Waals surface area contributed by atoms with Crippen LogP contribution in [0.25, 0.3) is 0 Å². The van der Waals surface area contributed by atoms with Crippen LogP contribution in [0.1, 0.15) is 0 Å². The molecule has 0 aliphatic carbocycles. The molecule has 1 N–H and O–H groups in total. The monoisotopic (exact) mass is 168 g/mol. The van der Waals surface area contributed by atoms with Crippen molar-refractivity contribution in [3.05, 3.63) is 0 Å². The van der Waals surface area contributed by atoms with Crippen LogP contribution in [0.3, 0.4) is 0 Å². The fraction of sp³-hybridized carbons (Fsp3) is 1.00. The van der Waals surface area contributed by atoms with E-state index in [1.54, 1.807) is 0 Å². The van der Waals surface area contributed by atoms with Crippen molar-refractivity contribution in [2.24, 2.45) is 0 Å². The third-order valence-electron chi connectivity index (χ3n) is 0.975. The van der Waals surface area contributed by atoms with E-state index >= 15 is 0 Å². The molecule has 1 fully saturated rings. The summed E-state index contributed by atoms with van der Waals surface area (Å²) in [6, 6.07) is 0. The second-order valence-electron chi connectivity index (χ2n) is 1.69. The Balaban J connectivity index is 2.19. The van der Waals surface area contributed by atoms with Crippen LogP contribution in [-0.4, -0.2) is 34.9 Å². The second-order valence-corrected chi connectivity index (χ2v) is 2.32. The minimum atomic E-state index is -2.27.